The molecule has 1 aliphatic heterocycles. The molecule has 2 aromatic rings. The lowest BCUT2D eigenvalue weighted by Gasteiger charge is -2.34. The van der Waals surface area contributed by atoms with E-state index in [4.69, 9.17) is 9.15 Å². The quantitative estimate of drug-likeness (QED) is 0.549. The normalized spacial score (nSPS) is 16.8. The molecule has 1 atom stereocenters. The largest absolute Gasteiger partial charge is 0.463 e. The Kier molecular flexibility index (Phi) is 7.34. The van der Waals surface area contributed by atoms with Gasteiger partial charge in [0.2, 0.25) is 11.7 Å². The van der Waals surface area contributed by atoms with Gasteiger partial charge in [-0.25, -0.2) is 9.59 Å². The molecule has 1 aromatic heterocycles. The molecule has 3 rings (SSSR count). The number of amides is 1. The van der Waals surface area contributed by atoms with Crippen LogP contribution in [0.5, 0.6) is 0 Å². The van der Waals surface area contributed by atoms with Crippen LogP contribution >= 0.6 is 0 Å². The Hall–Kier alpha value is -3.35. The fourth-order valence-corrected chi connectivity index (χ4v) is 4.07. The van der Waals surface area contributed by atoms with E-state index in [-0.39, 0.29) is 36.2 Å². The van der Waals surface area contributed by atoms with Crippen LogP contribution in [0.15, 0.2) is 52.1 Å². The van der Waals surface area contributed by atoms with Crippen molar-refractivity contribution in [2.75, 3.05) is 7.11 Å². The molecule has 2 heterocycles. The lowest BCUT2D eigenvalue weighted by atomic mass is 9.81. The van der Waals surface area contributed by atoms with Crippen molar-refractivity contribution in [1.29, 1.82) is 0 Å². The molecule has 1 aliphatic rings. The summed E-state index contributed by atoms with van der Waals surface area (Å²) in [5, 5.41) is 0. The zero-order chi connectivity index (χ0) is 25.2. The van der Waals surface area contributed by atoms with E-state index in [1.165, 1.54) is 23.6 Å². The average molecular weight is 468 g/mol. The third-order valence-corrected chi connectivity index (χ3v) is 5.93. The van der Waals surface area contributed by atoms with Gasteiger partial charge in [-0.15, -0.1) is 0 Å². The number of hydrogen-bond acceptors (Lipinski definition) is 6. The van der Waals surface area contributed by atoms with Crippen molar-refractivity contribution < 1.29 is 28.3 Å². The van der Waals surface area contributed by atoms with Crippen molar-refractivity contribution in [2.24, 2.45) is 0 Å². The molecule has 7 nitrogen and oxygen atoms in total. The molecule has 182 valence electrons. The number of nitrogens with zero attached hydrogens (tertiary/aromatic N) is 1. The smallest absolute Gasteiger partial charge is 0.373 e. The number of ether oxygens (including phenoxy) is 2. The zero-order valence-corrected chi connectivity index (χ0v) is 20.9. The number of methoxy groups -OCH3 is 1. The van der Waals surface area contributed by atoms with E-state index < -0.39 is 17.9 Å². The second kappa shape index (κ2) is 9.87. The van der Waals surface area contributed by atoms with Crippen LogP contribution in [0.4, 0.5) is 0 Å². The summed E-state index contributed by atoms with van der Waals surface area (Å²) in [7, 11) is 1.27. The maximum Gasteiger partial charge on any atom is 0.373 e. The number of rotatable bonds is 6. The highest BCUT2D eigenvalue weighted by Gasteiger charge is 2.37. The van der Waals surface area contributed by atoms with Gasteiger partial charge in [0.1, 0.15) is 5.76 Å². The molecule has 0 aliphatic carbocycles. The number of carbonyl (C=O) groups excluding carboxylic acids is 3. The topological polar surface area (TPSA) is 86.0 Å². The molecule has 0 fully saturated rings. The summed E-state index contributed by atoms with van der Waals surface area (Å²) >= 11 is 0. The number of carbonyl (C=O) groups is 3. The van der Waals surface area contributed by atoms with Crippen molar-refractivity contribution in [3.63, 3.8) is 0 Å². The Bertz CT molecular complexity index is 1100. The highest BCUT2D eigenvalue weighted by molar-refractivity contribution is 5.96. The molecule has 1 amide bonds. The first-order valence-corrected chi connectivity index (χ1v) is 11.4. The van der Waals surface area contributed by atoms with Gasteiger partial charge in [-0.3, -0.25) is 4.79 Å². The van der Waals surface area contributed by atoms with Crippen LogP contribution < -0.4 is 0 Å². The Morgan fingerprint density at radius 2 is 1.74 bits per heavy atom. The molecule has 0 saturated heterocycles. The predicted molar refractivity (Wildman–Crippen MR) is 127 cm³/mol. The minimum absolute atomic E-state index is 0.00499. The Morgan fingerprint density at radius 3 is 2.29 bits per heavy atom. The summed E-state index contributed by atoms with van der Waals surface area (Å²) in [6, 6.07) is 11.2. The fourth-order valence-electron chi connectivity index (χ4n) is 4.07. The summed E-state index contributed by atoms with van der Waals surface area (Å²) in [6.45, 7) is 11.8. The molecule has 0 bridgehead atoms. The van der Waals surface area contributed by atoms with Crippen molar-refractivity contribution >= 4 is 17.8 Å². The van der Waals surface area contributed by atoms with Gasteiger partial charge >= 0.3 is 11.9 Å². The minimum Gasteiger partial charge on any atom is -0.463 e. The van der Waals surface area contributed by atoms with E-state index in [1.54, 1.807) is 26.8 Å². The number of benzene rings is 1. The van der Waals surface area contributed by atoms with Gasteiger partial charge < -0.3 is 18.8 Å². The van der Waals surface area contributed by atoms with E-state index in [0.717, 1.165) is 5.56 Å². The summed E-state index contributed by atoms with van der Waals surface area (Å²) < 4.78 is 15.8. The van der Waals surface area contributed by atoms with Crippen LogP contribution in [-0.4, -0.2) is 36.0 Å². The average Bonchev–Trinajstić information content (AvgIpc) is 3.23. The second-order valence-corrected chi connectivity index (χ2v) is 9.82. The van der Waals surface area contributed by atoms with Crippen molar-refractivity contribution in [1.82, 2.24) is 4.90 Å². The molecule has 34 heavy (non-hydrogen) atoms. The molecular formula is C27H33NO6. The lowest BCUT2D eigenvalue weighted by molar-refractivity contribution is -0.144. The van der Waals surface area contributed by atoms with Crippen LogP contribution in [0.1, 0.15) is 81.3 Å². The number of esters is 2. The highest BCUT2D eigenvalue weighted by atomic mass is 16.5. The van der Waals surface area contributed by atoms with Gasteiger partial charge in [0, 0.05) is 18.0 Å². The van der Waals surface area contributed by atoms with Gasteiger partial charge in [0.25, 0.3) is 0 Å². The highest BCUT2D eigenvalue weighted by Crippen LogP contribution is 2.38. The maximum atomic E-state index is 13.2. The number of allylic oxidation sites excluding steroid dienone is 1. The van der Waals surface area contributed by atoms with Crippen molar-refractivity contribution in [2.45, 2.75) is 71.9 Å². The maximum absolute atomic E-state index is 13.2. The van der Waals surface area contributed by atoms with E-state index in [0.29, 0.717) is 17.0 Å². The van der Waals surface area contributed by atoms with Crippen LogP contribution in [0.25, 0.3) is 0 Å². The lowest BCUT2D eigenvalue weighted by Crippen LogP contribution is -2.38. The second-order valence-electron chi connectivity index (χ2n) is 9.82. The summed E-state index contributed by atoms with van der Waals surface area (Å²) in [4.78, 5) is 39.6. The first-order chi connectivity index (χ1) is 15.9. The first-order valence-electron chi connectivity index (χ1n) is 11.4. The van der Waals surface area contributed by atoms with E-state index in [9.17, 15) is 14.4 Å². The van der Waals surface area contributed by atoms with E-state index in [2.05, 4.69) is 25.5 Å². The fraction of sp³-hybridized carbons (Fsp3) is 0.444. The van der Waals surface area contributed by atoms with Crippen LogP contribution in [0.3, 0.4) is 0 Å². The van der Waals surface area contributed by atoms with Gasteiger partial charge in [0.05, 0.1) is 25.3 Å². The first kappa shape index (κ1) is 25.3. The monoisotopic (exact) mass is 467 g/mol. The number of hydrogen-bond donors (Lipinski definition) is 0. The third kappa shape index (κ3) is 5.41. The summed E-state index contributed by atoms with van der Waals surface area (Å²) in [5.74, 6) is -1.11. The predicted octanol–water partition coefficient (Wildman–Crippen LogP) is 5.11. The van der Waals surface area contributed by atoms with Gasteiger partial charge in [-0.1, -0.05) is 45.0 Å². The Morgan fingerprint density at radius 1 is 1.09 bits per heavy atom. The van der Waals surface area contributed by atoms with Crippen LogP contribution in [0, 0.1) is 0 Å². The Balaban J connectivity index is 1.99. The van der Waals surface area contributed by atoms with Crippen LogP contribution in [-0.2, 0) is 31.0 Å². The molecule has 7 heteroatoms. The molecule has 1 aromatic carbocycles. The number of furan rings is 1. The minimum atomic E-state index is -0.594. The van der Waals surface area contributed by atoms with Gasteiger partial charge in [-0.2, -0.15) is 0 Å². The standard InChI is InChI=1S/C27H33NO6/c1-16(2)33-26(31)24-17(3)28(15-20-12-13-22(34-20)25(30)32-7)23(29)14-21(24)18-8-10-19(11-9-18)27(4,5)6/h8-13,16,21H,14-15H2,1-7H3/t21-/m1/s1. The molecule has 0 saturated carbocycles. The van der Waals surface area contributed by atoms with Crippen LogP contribution in [0.2, 0.25) is 0 Å². The summed E-state index contributed by atoms with van der Waals surface area (Å²) in [6.07, 6.45) is -0.172. The Labute approximate surface area is 200 Å². The molecule has 0 unspecified atom stereocenters. The molecular weight excluding hydrogens is 434 g/mol. The van der Waals surface area contributed by atoms with Crippen molar-refractivity contribution in [3.05, 3.63) is 70.3 Å². The molecule has 0 radical (unpaired) electrons. The molecule has 0 spiro atoms. The third-order valence-electron chi connectivity index (χ3n) is 5.93. The van der Waals surface area contributed by atoms with E-state index >= 15 is 0 Å². The zero-order valence-electron chi connectivity index (χ0n) is 20.9. The SMILES string of the molecule is COC(=O)c1ccc(CN2C(=O)C[C@H](c3ccc(C(C)(C)C)cc3)C(C(=O)OC(C)C)=C2C)o1. The van der Waals surface area contributed by atoms with Gasteiger partial charge in [0.15, 0.2) is 0 Å². The molecule has 0 N–H and O–H groups in total. The van der Waals surface area contributed by atoms with Crippen molar-refractivity contribution in [3.8, 4) is 0 Å². The van der Waals surface area contributed by atoms with E-state index in [1.807, 2.05) is 24.3 Å². The van der Waals surface area contributed by atoms with Gasteiger partial charge in [-0.05, 0) is 49.4 Å². The summed E-state index contributed by atoms with van der Waals surface area (Å²) in [5.41, 5.74) is 3.03.